The number of oxime groups is 1. The van der Waals surface area contributed by atoms with Gasteiger partial charge < -0.3 is 15.3 Å². The Kier molecular flexibility index (Phi) is 3.58. The van der Waals surface area contributed by atoms with Crippen molar-refractivity contribution < 1.29 is 14.7 Å². The Bertz CT molecular complexity index is 533. The van der Waals surface area contributed by atoms with Gasteiger partial charge in [-0.3, -0.25) is 0 Å². The maximum Gasteiger partial charge on any atom is 0.356 e. The Balaban J connectivity index is 2.43. The number of carboxylic acid groups (broad SMARTS) is 1. The molecule has 2 heterocycles. The van der Waals surface area contributed by atoms with Crippen LogP contribution in [-0.4, -0.2) is 28.3 Å². The summed E-state index contributed by atoms with van der Waals surface area (Å²) in [5.74, 6) is -1.21. The molecular formula is C10H9Cl2N3O3. The van der Waals surface area contributed by atoms with E-state index in [9.17, 15) is 4.79 Å². The van der Waals surface area contributed by atoms with Crippen LogP contribution in [0.3, 0.4) is 0 Å². The minimum atomic E-state index is -1.21. The van der Waals surface area contributed by atoms with Crippen LogP contribution in [0.4, 0.5) is 5.69 Å². The van der Waals surface area contributed by atoms with Gasteiger partial charge in [0.15, 0.2) is 11.8 Å². The normalized spacial score (nSPS) is 18.2. The van der Waals surface area contributed by atoms with Crippen molar-refractivity contribution in [2.45, 2.75) is 12.5 Å². The Morgan fingerprint density at radius 2 is 2.33 bits per heavy atom. The standard InChI is InChI=1S/C10H9Cl2N3O3/c1-13-5-2-4(6-3-7(11)15-18-6)14-9(8(5)12)10(16)17/h2,6H,3H2,1H3,(H,13,14)(H,16,17). The van der Waals surface area contributed by atoms with Gasteiger partial charge in [0.2, 0.25) is 0 Å². The van der Waals surface area contributed by atoms with Crippen LogP contribution >= 0.6 is 23.2 Å². The van der Waals surface area contributed by atoms with E-state index in [1.807, 2.05) is 0 Å². The predicted molar refractivity (Wildman–Crippen MR) is 67.5 cm³/mol. The quantitative estimate of drug-likeness (QED) is 0.893. The highest BCUT2D eigenvalue weighted by Crippen LogP contribution is 2.32. The second kappa shape index (κ2) is 4.99. The van der Waals surface area contributed by atoms with Crippen LogP contribution < -0.4 is 5.32 Å². The molecule has 1 aromatic heterocycles. The van der Waals surface area contributed by atoms with Crippen molar-refractivity contribution in [2.75, 3.05) is 12.4 Å². The maximum absolute atomic E-state index is 11.1. The number of nitrogens with zero attached hydrogens (tertiary/aromatic N) is 2. The number of aromatic nitrogens is 1. The lowest BCUT2D eigenvalue weighted by Gasteiger charge is -2.12. The molecule has 0 aliphatic carbocycles. The first kappa shape index (κ1) is 12.9. The van der Waals surface area contributed by atoms with E-state index < -0.39 is 12.1 Å². The summed E-state index contributed by atoms with van der Waals surface area (Å²) in [5.41, 5.74) is 0.649. The molecule has 1 unspecified atom stereocenters. The molecule has 1 aromatic rings. The molecule has 0 bridgehead atoms. The number of rotatable bonds is 3. The van der Waals surface area contributed by atoms with Crippen molar-refractivity contribution in [2.24, 2.45) is 5.16 Å². The Morgan fingerprint density at radius 1 is 1.61 bits per heavy atom. The Labute approximate surface area is 113 Å². The third-order valence-corrected chi connectivity index (χ3v) is 3.02. The Hall–Kier alpha value is -1.53. The summed E-state index contributed by atoms with van der Waals surface area (Å²) in [6.07, 6.45) is -0.127. The van der Waals surface area contributed by atoms with Crippen LogP contribution in [-0.2, 0) is 4.84 Å². The minimum Gasteiger partial charge on any atom is -0.476 e. The third kappa shape index (κ3) is 2.34. The second-order valence-corrected chi connectivity index (χ2v) is 4.39. The molecule has 0 saturated carbocycles. The van der Waals surface area contributed by atoms with Crippen molar-refractivity contribution in [3.05, 3.63) is 22.5 Å². The zero-order valence-electron chi connectivity index (χ0n) is 9.28. The van der Waals surface area contributed by atoms with Gasteiger partial charge in [-0.25, -0.2) is 9.78 Å². The molecule has 2 N–H and O–H groups in total. The number of pyridine rings is 1. The van der Waals surface area contributed by atoms with Gasteiger partial charge in [-0.2, -0.15) is 0 Å². The molecule has 18 heavy (non-hydrogen) atoms. The van der Waals surface area contributed by atoms with E-state index in [4.69, 9.17) is 33.1 Å². The van der Waals surface area contributed by atoms with Gasteiger partial charge in [0, 0.05) is 13.5 Å². The van der Waals surface area contributed by atoms with Crippen LogP contribution in [0.15, 0.2) is 11.2 Å². The molecule has 1 atom stereocenters. The third-order valence-electron chi connectivity index (χ3n) is 2.41. The Morgan fingerprint density at radius 3 is 2.83 bits per heavy atom. The molecule has 0 fully saturated rings. The summed E-state index contributed by atoms with van der Waals surface area (Å²) in [4.78, 5) is 20.1. The molecule has 8 heteroatoms. The average Bonchev–Trinajstić information content (AvgIpc) is 2.76. The summed E-state index contributed by atoms with van der Waals surface area (Å²) in [6, 6.07) is 1.62. The molecule has 1 aliphatic heterocycles. The van der Waals surface area contributed by atoms with Gasteiger partial charge in [0.05, 0.1) is 16.4 Å². The number of halogens is 2. The first-order valence-corrected chi connectivity index (χ1v) is 5.78. The fourth-order valence-electron chi connectivity index (χ4n) is 1.54. The molecular weight excluding hydrogens is 281 g/mol. The number of anilines is 1. The van der Waals surface area contributed by atoms with Crippen molar-refractivity contribution >= 4 is 40.0 Å². The van der Waals surface area contributed by atoms with Crippen molar-refractivity contribution in [3.8, 4) is 0 Å². The van der Waals surface area contributed by atoms with Gasteiger partial charge >= 0.3 is 5.97 Å². The minimum absolute atomic E-state index is 0.0544. The lowest BCUT2D eigenvalue weighted by Crippen LogP contribution is -2.09. The first-order chi connectivity index (χ1) is 8.52. The number of aromatic carboxylic acids is 1. The molecule has 0 saturated heterocycles. The summed E-state index contributed by atoms with van der Waals surface area (Å²) in [5, 5.41) is 15.8. The van der Waals surface area contributed by atoms with E-state index in [-0.39, 0.29) is 10.7 Å². The lowest BCUT2D eigenvalue weighted by atomic mass is 10.1. The van der Waals surface area contributed by atoms with Crippen LogP contribution in [0.2, 0.25) is 5.02 Å². The number of hydrogen-bond acceptors (Lipinski definition) is 5. The van der Waals surface area contributed by atoms with E-state index in [2.05, 4.69) is 15.5 Å². The summed E-state index contributed by atoms with van der Waals surface area (Å²) < 4.78 is 0. The van der Waals surface area contributed by atoms with Crippen molar-refractivity contribution in [1.82, 2.24) is 4.98 Å². The molecule has 0 radical (unpaired) electrons. The number of hydrogen-bond donors (Lipinski definition) is 2. The molecule has 2 rings (SSSR count). The largest absolute Gasteiger partial charge is 0.476 e. The fourth-order valence-corrected chi connectivity index (χ4v) is 2.00. The van der Waals surface area contributed by atoms with E-state index in [0.717, 1.165) is 0 Å². The van der Waals surface area contributed by atoms with Crippen LogP contribution in [0.25, 0.3) is 0 Å². The van der Waals surface area contributed by atoms with Crippen molar-refractivity contribution in [1.29, 1.82) is 0 Å². The van der Waals surface area contributed by atoms with Crippen LogP contribution in [0, 0.1) is 0 Å². The first-order valence-electron chi connectivity index (χ1n) is 5.02. The number of nitrogens with one attached hydrogen (secondary N) is 1. The van der Waals surface area contributed by atoms with E-state index in [1.54, 1.807) is 13.1 Å². The molecule has 6 nitrogen and oxygen atoms in total. The highest BCUT2D eigenvalue weighted by atomic mass is 35.5. The lowest BCUT2D eigenvalue weighted by molar-refractivity contribution is 0.0683. The van der Waals surface area contributed by atoms with Gasteiger partial charge in [-0.05, 0) is 6.07 Å². The van der Waals surface area contributed by atoms with Gasteiger partial charge in [-0.15, -0.1) is 0 Å². The smallest absolute Gasteiger partial charge is 0.356 e. The fraction of sp³-hybridized carbons (Fsp3) is 0.300. The zero-order chi connectivity index (χ0) is 13.3. The van der Waals surface area contributed by atoms with Crippen molar-refractivity contribution in [3.63, 3.8) is 0 Å². The van der Waals surface area contributed by atoms with E-state index in [0.29, 0.717) is 23.0 Å². The number of carboxylic acids is 1. The van der Waals surface area contributed by atoms with E-state index >= 15 is 0 Å². The molecule has 0 spiro atoms. The van der Waals surface area contributed by atoms with Gasteiger partial charge in [-0.1, -0.05) is 28.4 Å². The zero-order valence-corrected chi connectivity index (χ0v) is 10.8. The second-order valence-electron chi connectivity index (χ2n) is 3.58. The summed E-state index contributed by atoms with van der Waals surface area (Å²) in [6.45, 7) is 0. The van der Waals surface area contributed by atoms with Crippen LogP contribution in [0.1, 0.15) is 28.7 Å². The highest BCUT2D eigenvalue weighted by molar-refractivity contribution is 6.65. The topological polar surface area (TPSA) is 83.8 Å². The molecule has 0 aromatic carbocycles. The highest BCUT2D eigenvalue weighted by Gasteiger charge is 2.26. The van der Waals surface area contributed by atoms with Crippen LogP contribution in [0.5, 0.6) is 0 Å². The summed E-state index contributed by atoms with van der Waals surface area (Å²) >= 11 is 11.6. The molecule has 96 valence electrons. The van der Waals surface area contributed by atoms with E-state index in [1.165, 1.54) is 0 Å². The summed E-state index contributed by atoms with van der Waals surface area (Å²) in [7, 11) is 1.63. The molecule has 1 aliphatic rings. The van der Waals surface area contributed by atoms with Gasteiger partial charge in [0.25, 0.3) is 0 Å². The predicted octanol–water partition coefficient (Wildman–Crippen LogP) is 2.49. The number of carbonyl (C=O) groups is 1. The maximum atomic E-state index is 11.1. The monoisotopic (exact) mass is 289 g/mol. The SMILES string of the molecule is CNc1cc(C2CC(Cl)=NO2)nc(C(=O)O)c1Cl. The van der Waals surface area contributed by atoms with Gasteiger partial charge in [0.1, 0.15) is 5.17 Å². The molecule has 0 amide bonds. The average molecular weight is 290 g/mol.